The van der Waals surface area contributed by atoms with Crippen LogP contribution in [0.1, 0.15) is 56.4 Å². The Balaban J connectivity index is 1.43. The molecule has 0 saturated carbocycles. The summed E-state index contributed by atoms with van der Waals surface area (Å²) in [5, 5.41) is 3.72. The van der Waals surface area contributed by atoms with Gasteiger partial charge in [-0.1, -0.05) is 48.1 Å². The molecule has 0 amide bonds. The van der Waals surface area contributed by atoms with E-state index in [1.807, 2.05) is 24.3 Å². The zero-order chi connectivity index (χ0) is 17.5. The molecular weight excluding hydrogens is 312 g/mol. The van der Waals surface area contributed by atoms with Crippen molar-refractivity contribution < 1.29 is 9.53 Å². The van der Waals surface area contributed by atoms with Gasteiger partial charge in [0, 0.05) is 6.42 Å². The molecule has 3 rings (SSSR count). The molecule has 1 saturated heterocycles. The second kappa shape index (κ2) is 8.65. The van der Waals surface area contributed by atoms with Crippen molar-refractivity contribution in [3.8, 4) is 0 Å². The number of carbonyl (C=O) groups is 1. The van der Waals surface area contributed by atoms with Crippen LogP contribution in [0.3, 0.4) is 0 Å². The van der Waals surface area contributed by atoms with E-state index in [9.17, 15) is 4.79 Å². The Morgan fingerprint density at radius 2 is 2.00 bits per heavy atom. The molecule has 1 aromatic carbocycles. The van der Waals surface area contributed by atoms with Crippen LogP contribution in [0, 0.1) is 0 Å². The van der Waals surface area contributed by atoms with Gasteiger partial charge in [0.05, 0.1) is 12.1 Å². The van der Waals surface area contributed by atoms with Crippen molar-refractivity contribution in [3.05, 3.63) is 59.7 Å². The summed E-state index contributed by atoms with van der Waals surface area (Å²) in [6, 6.07) is 10.3. The molecule has 2 N–H and O–H groups in total. The monoisotopic (exact) mass is 338 g/mol. The minimum atomic E-state index is -0.0587. The van der Waals surface area contributed by atoms with Crippen LogP contribution in [0.5, 0.6) is 0 Å². The van der Waals surface area contributed by atoms with Gasteiger partial charge in [0.25, 0.3) is 0 Å². The third-order valence-electron chi connectivity index (χ3n) is 5.00. The molecule has 4 nitrogen and oxygen atoms in total. The Morgan fingerprint density at radius 1 is 1.16 bits per heavy atom. The lowest BCUT2D eigenvalue weighted by Crippen LogP contribution is -2.28. The molecule has 132 valence electrons. The number of carbonyl (C=O) groups excluding carboxylic acids is 1. The van der Waals surface area contributed by atoms with Gasteiger partial charge >= 0.3 is 5.97 Å². The average Bonchev–Trinajstić information content (AvgIpc) is 2.66. The van der Waals surface area contributed by atoms with Gasteiger partial charge in [-0.2, -0.15) is 5.10 Å². The highest BCUT2D eigenvalue weighted by Gasteiger charge is 2.29. The van der Waals surface area contributed by atoms with Gasteiger partial charge in [-0.3, -0.25) is 4.79 Å². The topological polar surface area (TPSA) is 64.7 Å². The maximum Gasteiger partial charge on any atom is 0.306 e. The van der Waals surface area contributed by atoms with Crippen LogP contribution in [0.2, 0.25) is 0 Å². The number of esters is 1. The second-order valence-corrected chi connectivity index (χ2v) is 6.84. The van der Waals surface area contributed by atoms with Crippen molar-refractivity contribution in [2.45, 2.75) is 57.0 Å². The molecule has 0 unspecified atom stereocenters. The van der Waals surface area contributed by atoms with Gasteiger partial charge in [-0.25, -0.2) is 0 Å². The number of ether oxygens (including phenoxy) is 1. The van der Waals surface area contributed by atoms with Gasteiger partial charge in [-0.05, 0) is 49.7 Å². The van der Waals surface area contributed by atoms with E-state index in [1.165, 1.54) is 11.1 Å². The number of hydrogen-bond donors (Lipinski definition) is 1. The smallest absolute Gasteiger partial charge is 0.306 e. The molecule has 2 aliphatic rings. The lowest BCUT2D eigenvalue weighted by Gasteiger charge is -2.29. The third-order valence-corrected chi connectivity index (χ3v) is 5.00. The molecular formula is C21H26N2O2. The Hall–Kier alpha value is -2.36. The Kier molecular flexibility index (Phi) is 6.04. The normalized spacial score (nSPS) is 24.9. The number of nitrogens with two attached hydrogens (primary N) is 1. The Morgan fingerprint density at radius 3 is 2.72 bits per heavy atom. The highest BCUT2D eigenvalue weighted by atomic mass is 16.5. The maximum atomic E-state index is 11.9. The largest absolute Gasteiger partial charge is 0.462 e. The lowest BCUT2D eigenvalue weighted by atomic mass is 9.87. The summed E-state index contributed by atoms with van der Waals surface area (Å²) < 4.78 is 5.56. The summed E-state index contributed by atoms with van der Waals surface area (Å²) >= 11 is 0. The molecule has 0 spiro atoms. The van der Waals surface area contributed by atoms with Crippen molar-refractivity contribution in [2.24, 2.45) is 10.9 Å². The first-order valence-corrected chi connectivity index (χ1v) is 9.13. The molecule has 0 aromatic heterocycles. The summed E-state index contributed by atoms with van der Waals surface area (Å²) in [5.74, 6) is 5.52. The van der Waals surface area contributed by atoms with Crippen LogP contribution in [0.15, 0.2) is 59.2 Å². The van der Waals surface area contributed by atoms with E-state index in [-0.39, 0.29) is 12.1 Å². The quantitative estimate of drug-likeness (QED) is 0.365. The molecule has 0 radical (unpaired) electrons. The predicted octanol–water partition coefficient (Wildman–Crippen LogP) is 4.24. The summed E-state index contributed by atoms with van der Waals surface area (Å²) in [6.45, 7) is 0. The van der Waals surface area contributed by atoms with Crippen LogP contribution in [0.4, 0.5) is 0 Å². The average molecular weight is 338 g/mol. The van der Waals surface area contributed by atoms with Gasteiger partial charge in [0.15, 0.2) is 0 Å². The molecule has 25 heavy (non-hydrogen) atoms. The van der Waals surface area contributed by atoms with Gasteiger partial charge in [0.2, 0.25) is 0 Å². The standard InChI is InChI=1S/C21H26N2O2/c22-23-19-12-10-16(11-13-19)6-4-5-9-20-14-18(15-21(24)25-20)17-7-2-1-3-8-17/h1-3,7-8,10-12,18,20H,4-6,9,13-15,22H2/t18-,20+/m0/s1. The highest BCUT2D eigenvalue weighted by Crippen LogP contribution is 2.32. The van der Waals surface area contributed by atoms with Crippen LogP contribution in [-0.2, 0) is 9.53 Å². The zero-order valence-corrected chi connectivity index (χ0v) is 14.6. The van der Waals surface area contributed by atoms with Crippen molar-refractivity contribution >= 4 is 11.7 Å². The molecule has 2 atom stereocenters. The highest BCUT2D eigenvalue weighted by molar-refractivity contribution is 5.97. The molecule has 1 fully saturated rings. The predicted molar refractivity (Wildman–Crippen MR) is 100 cm³/mol. The zero-order valence-electron chi connectivity index (χ0n) is 14.6. The molecule has 1 heterocycles. The Bertz CT molecular complexity index is 676. The van der Waals surface area contributed by atoms with Gasteiger partial charge < -0.3 is 10.6 Å². The van der Waals surface area contributed by atoms with E-state index in [2.05, 4.69) is 29.4 Å². The number of cyclic esters (lactones) is 1. The fourth-order valence-electron chi connectivity index (χ4n) is 3.60. The van der Waals surface area contributed by atoms with Gasteiger partial charge in [-0.15, -0.1) is 0 Å². The van der Waals surface area contributed by atoms with Crippen molar-refractivity contribution in [1.29, 1.82) is 0 Å². The van der Waals surface area contributed by atoms with E-state index >= 15 is 0 Å². The molecule has 4 heteroatoms. The first kappa shape index (κ1) is 17.5. The van der Waals surface area contributed by atoms with Crippen LogP contribution in [0.25, 0.3) is 0 Å². The summed E-state index contributed by atoms with van der Waals surface area (Å²) in [7, 11) is 0. The Labute approximate surface area is 149 Å². The van der Waals surface area contributed by atoms with Crippen molar-refractivity contribution in [1.82, 2.24) is 0 Å². The van der Waals surface area contributed by atoms with Crippen molar-refractivity contribution in [3.63, 3.8) is 0 Å². The number of unbranched alkanes of at least 4 members (excludes halogenated alkanes) is 1. The number of benzene rings is 1. The second-order valence-electron chi connectivity index (χ2n) is 6.84. The van der Waals surface area contributed by atoms with E-state index < -0.39 is 0 Å². The molecule has 1 aliphatic heterocycles. The van der Waals surface area contributed by atoms with E-state index in [1.54, 1.807) is 0 Å². The van der Waals surface area contributed by atoms with E-state index in [0.29, 0.717) is 12.3 Å². The fraction of sp³-hybridized carbons (Fsp3) is 0.429. The first-order chi connectivity index (χ1) is 12.2. The summed E-state index contributed by atoms with van der Waals surface area (Å²) in [5.41, 5.74) is 3.51. The fourth-order valence-corrected chi connectivity index (χ4v) is 3.60. The number of allylic oxidation sites excluding steroid dienone is 4. The first-order valence-electron chi connectivity index (χ1n) is 9.13. The molecule has 1 aliphatic carbocycles. The number of hydrogen-bond acceptors (Lipinski definition) is 4. The number of hydrazone groups is 1. The molecule has 1 aromatic rings. The number of nitrogens with zero attached hydrogens (tertiary/aromatic N) is 1. The number of rotatable bonds is 6. The summed E-state index contributed by atoms with van der Waals surface area (Å²) in [4.78, 5) is 11.9. The third kappa shape index (κ3) is 5.05. The van der Waals surface area contributed by atoms with Crippen LogP contribution >= 0.6 is 0 Å². The van der Waals surface area contributed by atoms with E-state index in [4.69, 9.17) is 10.6 Å². The molecule has 0 bridgehead atoms. The SMILES string of the molecule is NN=C1C=CC(CCCC[C@@H]2C[C@H](c3ccccc3)CC(=O)O2)=CC1. The van der Waals surface area contributed by atoms with Gasteiger partial charge in [0.1, 0.15) is 6.10 Å². The summed E-state index contributed by atoms with van der Waals surface area (Å²) in [6.07, 6.45) is 12.8. The van der Waals surface area contributed by atoms with Crippen molar-refractivity contribution in [2.75, 3.05) is 0 Å². The van der Waals surface area contributed by atoms with Crippen LogP contribution in [-0.4, -0.2) is 17.8 Å². The maximum absolute atomic E-state index is 11.9. The lowest BCUT2D eigenvalue weighted by molar-refractivity contribution is -0.155. The van der Waals surface area contributed by atoms with E-state index in [0.717, 1.165) is 44.2 Å². The van der Waals surface area contributed by atoms with Crippen LogP contribution < -0.4 is 5.84 Å². The minimum Gasteiger partial charge on any atom is -0.462 e. The minimum absolute atomic E-state index is 0.0540.